The predicted molar refractivity (Wildman–Crippen MR) is 62.0 cm³/mol. The summed E-state index contributed by atoms with van der Waals surface area (Å²) in [5, 5.41) is 0. The molecule has 1 rings (SSSR count). The van der Waals surface area contributed by atoms with Crippen molar-refractivity contribution in [3.05, 3.63) is 41.5 Å². The fraction of sp³-hybridized carbons (Fsp3) is 0.0909. The van der Waals surface area contributed by atoms with E-state index in [9.17, 15) is 4.79 Å². The van der Waals surface area contributed by atoms with Gasteiger partial charge in [-0.1, -0.05) is 42.6 Å². The largest absolute Gasteiger partial charge is 0.389 e. The van der Waals surface area contributed by atoms with Crippen molar-refractivity contribution in [1.82, 2.24) is 0 Å². The van der Waals surface area contributed by atoms with E-state index in [1.807, 2.05) is 30.3 Å². The lowest BCUT2D eigenvalue weighted by Gasteiger charge is -1.98. The molecule has 0 fully saturated rings. The highest BCUT2D eigenvalue weighted by Crippen LogP contribution is 2.07. The molecule has 0 aromatic heterocycles. The molecule has 0 unspecified atom stereocenters. The Labute approximate surface area is 88.4 Å². The Kier molecular flexibility index (Phi) is 4.01. The molecule has 0 amide bonds. The van der Waals surface area contributed by atoms with Crippen LogP contribution in [0.3, 0.4) is 0 Å². The minimum atomic E-state index is 0.385. The average molecular weight is 205 g/mol. The zero-order valence-corrected chi connectivity index (χ0v) is 8.46. The number of nitrogens with two attached hydrogens (primary N) is 1. The normalized spacial score (nSPS) is 10.3. The number of benzene rings is 1. The monoisotopic (exact) mass is 205 g/mol. The van der Waals surface area contributed by atoms with Crippen LogP contribution in [-0.4, -0.2) is 11.3 Å². The Hall–Kier alpha value is -1.48. The lowest BCUT2D eigenvalue weighted by Crippen LogP contribution is -2.08. The molecular formula is C11H11NOS. The van der Waals surface area contributed by atoms with E-state index in [0.29, 0.717) is 11.4 Å². The molecule has 0 aliphatic heterocycles. The lowest BCUT2D eigenvalue weighted by molar-refractivity contribution is -0.107. The van der Waals surface area contributed by atoms with E-state index in [1.165, 1.54) is 0 Å². The molecule has 0 atom stereocenters. The number of hydrogen-bond acceptors (Lipinski definition) is 2. The summed E-state index contributed by atoms with van der Waals surface area (Å²) in [6, 6.07) is 7.57. The van der Waals surface area contributed by atoms with Crippen LogP contribution in [0, 0.1) is 0 Å². The van der Waals surface area contributed by atoms with Crippen molar-refractivity contribution in [1.29, 1.82) is 0 Å². The van der Waals surface area contributed by atoms with Gasteiger partial charge in [0.15, 0.2) is 0 Å². The van der Waals surface area contributed by atoms with Crippen LogP contribution in [0.2, 0.25) is 0 Å². The van der Waals surface area contributed by atoms with Gasteiger partial charge < -0.3 is 10.5 Å². The first-order valence-electron chi connectivity index (χ1n) is 4.24. The van der Waals surface area contributed by atoms with Crippen LogP contribution in [0.25, 0.3) is 6.08 Å². The zero-order chi connectivity index (χ0) is 10.4. The van der Waals surface area contributed by atoms with Crippen LogP contribution in [0.5, 0.6) is 0 Å². The van der Waals surface area contributed by atoms with Gasteiger partial charge in [-0.2, -0.15) is 0 Å². The van der Waals surface area contributed by atoms with E-state index in [1.54, 1.807) is 6.08 Å². The quantitative estimate of drug-likeness (QED) is 0.603. The summed E-state index contributed by atoms with van der Waals surface area (Å²) < 4.78 is 0. The first-order valence-corrected chi connectivity index (χ1v) is 4.65. The van der Waals surface area contributed by atoms with E-state index in [4.69, 9.17) is 18.0 Å². The Morgan fingerprint density at radius 2 is 2.29 bits per heavy atom. The molecule has 14 heavy (non-hydrogen) atoms. The molecule has 0 radical (unpaired) electrons. The Morgan fingerprint density at radius 1 is 1.50 bits per heavy atom. The summed E-state index contributed by atoms with van der Waals surface area (Å²) in [5.74, 6) is 0. The van der Waals surface area contributed by atoms with Crippen LogP contribution in [0.4, 0.5) is 0 Å². The third-order valence-corrected chi connectivity index (χ3v) is 1.95. The molecule has 0 saturated carbocycles. The fourth-order valence-corrected chi connectivity index (χ4v) is 1.18. The first kappa shape index (κ1) is 10.6. The second kappa shape index (κ2) is 5.29. The molecule has 0 aliphatic rings. The van der Waals surface area contributed by atoms with Crippen LogP contribution in [0.15, 0.2) is 30.3 Å². The third kappa shape index (κ3) is 3.11. The number of rotatable bonds is 4. The smallest absolute Gasteiger partial charge is 0.123 e. The van der Waals surface area contributed by atoms with Gasteiger partial charge >= 0.3 is 0 Å². The molecule has 3 heteroatoms. The summed E-state index contributed by atoms with van der Waals surface area (Å²) in [4.78, 5) is 10.5. The molecule has 1 aromatic rings. The highest BCUT2D eigenvalue weighted by molar-refractivity contribution is 7.80. The maximum Gasteiger partial charge on any atom is 0.123 e. The van der Waals surface area contributed by atoms with E-state index >= 15 is 0 Å². The van der Waals surface area contributed by atoms with E-state index in [0.717, 1.165) is 17.4 Å². The standard InChI is InChI=1S/C11H11NOS/c12-11(14)10-6-3-5-9(8-10)4-1-2-7-13/h1,3-8H,2H2,(H2,12,14). The van der Waals surface area contributed by atoms with Crippen molar-refractivity contribution in [2.45, 2.75) is 6.42 Å². The number of thiocarbonyl (C=S) groups is 1. The highest BCUT2D eigenvalue weighted by atomic mass is 32.1. The van der Waals surface area contributed by atoms with Crippen molar-refractivity contribution in [3.8, 4) is 0 Å². The lowest BCUT2D eigenvalue weighted by atomic mass is 10.1. The Morgan fingerprint density at radius 3 is 2.93 bits per heavy atom. The van der Waals surface area contributed by atoms with Gasteiger partial charge in [0.1, 0.15) is 11.3 Å². The van der Waals surface area contributed by atoms with Gasteiger partial charge in [0.05, 0.1) is 0 Å². The Bertz CT molecular complexity index is 371. The van der Waals surface area contributed by atoms with Gasteiger partial charge in [-0.3, -0.25) is 0 Å². The molecule has 72 valence electrons. The van der Waals surface area contributed by atoms with Crippen LogP contribution in [-0.2, 0) is 4.79 Å². The SMILES string of the molecule is NC(=S)c1cccc(C=CCC=O)c1. The van der Waals surface area contributed by atoms with Crippen LogP contribution >= 0.6 is 12.2 Å². The summed E-state index contributed by atoms with van der Waals surface area (Å²) in [6.07, 6.45) is 4.95. The highest BCUT2D eigenvalue weighted by Gasteiger charge is 1.94. The zero-order valence-electron chi connectivity index (χ0n) is 7.64. The van der Waals surface area contributed by atoms with Crippen LogP contribution in [0.1, 0.15) is 17.5 Å². The van der Waals surface area contributed by atoms with Crippen molar-refractivity contribution < 1.29 is 4.79 Å². The molecule has 0 aliphatic carbocycles. The number of carbonyl (C=O) groups excluding carboxylic acids is 1. The van der Waals surface area contributed by atoms with Gasteiger partial charge in [0.2, 0.25) is 0 Å². The minimum absolute atomic E-state index is 0.385. The number of aldehydes is 1. The van der Waals surface area contributed by atoms with Crippen molar-refractivity contribution >= 4 is 29.6 Å². The molecule has 2 nitrogen and oxygen atoms in total. The molecule has 0 bridgehead atoms. The number of hydrogen-bond donors (Lipinski definition) is 1. The topological polar surface area (TPSA) is 43.1 Å². The molecule has 0 saturated heterocycles. The molecular weight excluding hydrogens is 194 g/mol. The summed E-state index contributed by atoms with van der Waals surface area (Å²) in [5.41, 5.74) is 7.33. The fourth-order valence-electron chi connectivity index (χ4n) is 1.06. The molecule has 2 N–H and O–H groups in total. The maximum absolute atomic E-state index is 10.1. The maximum atomic E-state index is 10.1. The van der Waals surface area contributed by atoms with Crippen molar-refractivity contribution in [2.75, 3.05) is 0 Å². The van der Waals surface area contributed by atoms with E-state index in [2.05, 4.69) is 0 Å². The minimum Gasteiger partial charge on any atom is -0.389 e. The van der Waals surface area contributed by atoms with Gasteiger partial charge in [-0.15, -0.1) is 0 Å². The second-order valence-electron chi connectivity index (χ2n) is 2.79. The van der Waals surface area contributed by atoms with Gasteiger partial charge in [-0.25, -0.2) is 0 Å². The van der Waals surface area contributed by atoms with Gasteiger partial charge in [0.25, 0.3) is 0 Å². The van der Waals surface area contributed by atoms with Gasteiger partial charge in [0, 0.05) is 12.0 Å². The van der Waals surface area contributed by atoms with Crippen molar-refractivity contribution in [3.63, 3.8) is 0 Å². The molecule has 0 spiro atoms. The number of allylic oxidation sites excluding steroid dienone is 1. The van der Waals surface area contributed by atoms with E-state index in [-0.39, 0.29) is 0 Å². The molecule has 1 aromatic carbocycles. The predicted octanol–water partition coefficient (Wildman–Crippen LogP) is 1.92. The van der Waals surface area contributed by atoms with Crippen molar-refractivity contribution in [2.24, 2.45) is 5.73 Å². The number of carbonyl (C=O) groups is 1. The summed E-state index contributed by atoms with van der Waals surface area (Å²) in [6.45, 7) is 0. The third-order valence-electron chi connectivity index (χ3n) is 1.71. The van der Waals surface area contributed by atoms with E-state index < -0.39 is 0 Å². The summed E-state index contributed by atoms with van der Waals surface area (Å²) >= 11 is 4.85. The van der Waals surface area contributed by atoms with Gasteiger partial charge in [-0.05, 0) is 11.6 Å². The average Bonchev–Trinajstić information content (AvgIpc) is 2.19. The summed E-state index contributed by atoms with van der Waals surface area (Å²) in [7, 11) is 0. The second-order valence-corrected chi connectivity index (χ2v) is 3.23. The Balaban J connectivity index is 2.83. The van der Waals surface area contributed by atoms with Crippen LogP contribution < -0.4 is 5.73 Å². The molecule has 0 heterocycles. The first-order chi connectivity index (χ1) is 6.74.